The molecule has 3 rings (SSSR count). The second-order valence-electron chi connectivity index (χ2n) is 7.36. The first-order chi connectivity index (χ1) is 12.5. The van der Waals surface area contributed by atoms with Gasteiger partial charge in [0.2, 0.25) is 10.0 Å². The molecule has 0 amide bonds. The lowest BCUT2D eigenvalue weighted by Gasteiger charge is -2.09. The number of rotatable bonds is 3. The van der Waals surface area contributed by atoms with Crippen LogP contribution < -0.4 is 10.5 Å². The van der Waals surface area contributed by atoms with Crippen molar-refractivity contribution in [3.8, 4) is 23.0 Å². The summed E-state index contributed by atoms with van der Waals surface area (Å²) in [4.78, 5) is 4.05. The molecule has 2 heterocycles. The fourth-order valence-corrected chi connectivity index (χ4v) is 3.01. The van der Waals surface area contributed by atoms with Gasteiger partial charge in [-0.05, 0) is 56.2 Å². The Balaban J connectivity index is 2.16. The smallest absolute Gasteiger partial charge is 0.230 e. The Bertz CT molecular complexity index is 1180. The summed E-state index contributed by atoms with van der Waals surface area (Å²) in [6.07, 6.45) is 2.63. The van der Waals surface area contributed by atoms with Crippen molar-refractivity contribution in [2.45, 2.75) is 20.8 Å². The van der Waals surface area contributed by atoms with Crippen LogP contribution in [0.25, 0.3) is 22.0 Å². The zero-order valence-corrected chi connectivity index (χ0v) is 16.4. The van der Waals surface area contributed by atoms with Crippen molar-refractivity contribution < 1.29 is 8.42 Å². The SMILES string of the molecule is CC(C)(C)C#Cc1cc(-c2ccnc(NS(C)(=O)=O)c2)cc2c(N)n[nH]c12. The molecular weight excluding hydrogens is 362 g/mol. The Hall–Kier alpha value is -3.05. The van der Waals surface area contributed by atoms with Crippen LogP contribution in [-0.2, 0) is 10.0 Å². The molecule has 0 fully saturated rings. The number of nitrogens with zero attached hydrogens (tertiary/aromatic N) is 2. The van der Waals surface area contributed by atoms with Gasteiger partial charge in [0.05, 0.1) is 17.3 Å². The Kier molecular flexibility index (Phi) is 4.57. The first-order valence-corrected chi connectivity index (χ1v) is 10.2. The van der Waals surface area contributed by atoms with Gasteiger partial charge in [-0.2, -0.15) is 5.10 Å². The molecule has 0 aliphatic carbocycles. The van der Waals surface area contributed by atoms with E-state index in [-0.39, 0.29) is 11.2 Å². The minimum atomic E-state index is -3.41. The van der Waals surface area contributed by atoms with E-state index < -0.39 is 10.0 Å². The predicted octanol–water partition coefficient (Wildman–Crippen LogP) is 2.98. The number of aromatic nitrogens is 3. The van der Waals surface area contributed by atoms with Crippen LogP contribution in [0, 0.1) is 17.3 Å². The fourth-order valence-electron chi connectivity index (χ4n) is 2.52. The molecule has 0 saturated heterocycles. The molecule has 0 radical (unpaired) electrons. The Morgan fingerprint density at radius 1 is 1.19 bits per heavy atom. The average molecular weight is 383 g/mol. The lowest BCUT2D eigenvalue weighted by molar-refractivity contribution is 0.571. The third-order valence-corrected chi connectivity index (χ3v) is 4.24. The van der Waals surface area contributed by atoms with E-state index in [4.69, 9.17) is 5.73 Å². The number of fused-ring (bicyclic) bond motifs is 1. The fraction of sp³-hybridized carbons (Fsp3) is 0.263. The first kappa shape index (κ1) is 18.7. The molecule has 3 aromatic rings. The number of nitrogen functional groups attached to an aromatic ring is 1. The second kappa shape index (κ2) is 6.59. The van der Waals surface area contributed by atoms with Gasteiger partial charge >= 0.3 is 0 Å². The van der Waals surface area contributed by atoms with Crippen LogP contribution in [-0.4, -0.2) is 29.9 Å². The molecule has 0 aliphatic heterocycles. The van der Waals surface area contributed by atoms with Gasteiger partial charge in [0, 0.05) is 17.0 Å². The molecular formula is C19H21N5O2S. The summed E-state index contributed by atoms with van der Waals surface area (Å²) in [5, 5.41) is 7.78. The molecule has 140 valence electrons. The van der Waals surface area contributed by atoms with E-state index in [1.165, 1.54) is 0 Å². The quantitative estimate of drug-likeness (QED) is 0.602. The molecule has 0 bridgehead atoms. The summed E-state index contributed by atoms with van der Waals surface area (Å²) >= 11 is 0. The first-order valence-electron chi connectivity index (χ1n) is 8.27. The van der Waals surface area contributed by atoms with Gasteiger partial charge < -0.3 is 5.73 Å². The van der Waals surface area contributed by atoms with E-state index >= 15 is 0 Å². The van der Waals surface area contributed by atoms with Crippen molar-refractivity contribution in [3.63, 3.8) is 0 Å². The molecule has 0 atom stereocenters. The van der Waals surface area contributed by atoms with Gasteiger partial charge in [-0.15, -0.1) is 0 Å². The van der Waals surface area contributed by atoms with Crippen LogP contribution in [0.4, 0.5) is 11.6 Å². The predicted molar refractivity (Wildman–Crippen MR) is 109 cm³/mol. The number of anilines is 2. The van der Waals surface area contributed by atoms with Crippen LogP contribution in [0.1, 0.15) is 26.3 Å². The topological polar surface area (TPSA) is 114 Å². The minimum absolute atomic E-state index is 0.156. The molecule has 7 nitrogen and oxygen atoms in total. The Labute approximate surface area is 158 Å². The van der Waals surface area contributed by atoms with E-state index in [2.05, 4.69) is 31.7 Å². The maximum absolute atomic E-state index is 11.5. The largest absolute Gasteiger partial charge is 0.382 e. The monoisotopic (exact) mass is 383 g/mol. The number of benzene rings is 1. The van der Waals surface area contributed by atoms with Gasteiger partial charge in [0.15, 0.2) is 5.82 Å². The highest BCUT2D eigenvalue weighted by molar-refractivity contribution is 7.92. The van der Waals surface area contributed by atoms with Gasteiger partial charge in [-0.25, -0.2) is 13.4 Å². The van der Waals surface area contributed by atoms with Crippen LogP contribution in [0.5, 0.6) is 0 Å². The van der Waals surface area contributed by atoms with Gasteiger partial charge in [-0.3, -0.25) is 9.82 Å². The highest BCUT2D eigenvalue weighted by Gasteiger charge is 2.12. The zero-order valence-electron chi connectivity index (χ0n) is 15.6. The van der Waals surface area contributed by atoms with E-state index in [1.54, 1.807) is 18.3 Å². The number of hydrogen-bond acceptors (Lipinski definition) is 5. The molecule has 0 spiro atoms. The van der Waals surface area contributed by atoms with E-state index in [0.717, 1.165) is 33.8 Å². The lowest BCUT2D eigenvalue weighted by Crippen LogP contribution is -2.10. The van der Waals surface area contributed by atoms with Gasteiger partial charge in [-0.1, -0.05) is 11.8 Å². The number of pyridine rings is 1. The van der Waals surface area contributed by atoms with Crippen molar-refractivity contribution in [1.29, 1.82) is 0 Å². The van der Waals surface area contributed by atoms with Crippen LogP contribution >= 0.6 is 0 Å². The molecule has 0 aliphatic rings. The van der Waals surface area contributed by atoms with E-state index in [9.17, 15) is 8.42 Å². The summed E-state index contributed by atoms with van der Waals surface area (Å²) in [7, 11) is -3.41. The Morgan fingerprint density at radius 3 is 2.59 bits per heavy atom. The van der Waals surface area contributed by atoms with Gasteiger partial charge in [0.1, 0.15) is 5.82 Å². The molecule has 0 saturated carbocycles. The summed E-state index contributed by atoms with van der Waals surface area (Å²) in [5.74, 6) is 7.05. The van der Waals surface area contributed by atoms with E-state index in [1.807, 2.05) is 32.9 Å². The van der Waals surface area contributed by atoms with Crippen molar-refractivity contribution >= 4 is 32.6 Å². The summed E-state index contributed by atoms with van der Waals surface area (Å²) in [6.45, 7) is 6.11. The third-order valence-electron chi connectivity index (χ3n) is 3.66. The third kappa shape index (κ3) is 4.57. The van der Waals surface area contributed by atoms with Crippen molar-refractivity contribution in [3.05, 3.63) is 36.0 Å². The number of nitrogens with one attached hydrogen (secondary N) is 2. The number of sulfonamides is 1. The Morgan fingerprint density at radius 2 is 1.93 bits per heavy atom. The number of hydrogen-bond donors (Lipinski definition) is 3. The molecule has 27 heavy (non-hydrogen) atoms. The van der Waals surface area contributed by atoms with Crippen LogP contribution in [0.15, 0.2) is 30.5 Å². The number of nitrogens with two attached hydrogens (primary N) is 1. The molecule has 1 aromatic carbocycles. The summed E-state index contributed by atoms with van der Waals surface area (Å²) in [6, 6.07) is 7.29. The summed E-state index contributed by atoms with van der Waals surface area (Å²) in [5.41, 5.74) is 9.02. The van der Waals surface area contributed by atoms with Crippen LogP contribution in [0.2, 0.25) is 0 Å². The maximum Gasteiger partial charge on any atom is 0.230 e. The number of H-pyrrole nitrogens is 1. The minimum Gasteiger partial charge on any atom is -0.382 e. The van der Waals surface area contributed by atoms with Crippen molar-refractivity contribution in [1.82, 2.24) is 15.2 Å². The van der Waals surface area contributed by atoms with Crippen molar-refractivity contribution in [2.75, 3.05) is 16.7 Å². The molecule has 4 N–H and O–H groups in total. The number of aromatic amines is 1. The van der Waals surface area contributed by atoms with E-state index in [0.29, 0.717) is 5.82 Å². The highest BCUT2D eigenvalue weighted by atomic mass is 32.2. The van der Waals surface area contributed by atoms with Crippen molar-refractivity contribution in [2.24, 2.45) is 5.41 Å². The molecule has 0 unspecified atom stereocenters. The van der Waals surface area contributed by atoms with Crippen LogP contribution in [0.3, 0.4) is 0 Å². The standard InChI is InChI=1S/C19H21N5O2S/c1-19(2,3)7-5-13-9-14(10-15-17(13)22-23-18(15)20)12-6-8-21-16(11-12)24-27(4,25)26/h6,8-11H,1-4H3,(H,21,24)(H3,20,22,23). The summed E-state index contributed by atoms with van der Waals surface area (Å²) < 4.78 is 25.3. The lowest BCUT2D eigenvalue weighted by atomic mass is 9.96. The molecule has 8 heteroatoms. The van der Waals surface area contributed by atoms with Gasteiger partial charge in [0.25, 0.3) is 0 Å². The molecule has 2 aromatic heterocycles. The zero-order chi connectivity index (χ0) is 19.8. The average Bonchev–Trinajstić information content (AvgIpc) is 2.92. The second-order valence-corrected chi connectivity index (χ2v) is 9.11. The normalized spacial score (nSPS) is 11.9. The highest BCUT2D eigenvalue weighted by Crippen LogP contribution is 2.30. The maximum atomic E-state index is 11.5.